The van der Waals surface area contributed by atoms with Gasteiger partial charge in [-0.3, -0.25) is 0 Å². The molecule has 0 aliphatic carbocycles. The van der Waals surface area contributed by atoms with E-state index in [9.17, 15) is 13.2 Å². The first-order chi connectivity index (χ1) is 10.8. The normalized spacial score (nSPS) is 11.7. The van der Waals surface area contributed by atoms with E-state index in [4.69, 9.17) is 15.0 Å². The van der Waals surface area contributed by atoms with Gasteiger partial charge in [-0.1, -0.05) is 11.3 Å². The standard InChI is InChI=1S/C12H10N4O5S2/c13-23(19,20)12-15-16-5-9(14-11(16)22-12)7-1-3-8(4-2-7)21-6-10(17)18/h1-5H,6H2,(H,17,18)(H2,13,19,20). The number of primary sulfonamides is 1. The summed E-state index contributed by atoms with van der Waals surface area (Å²) in [7, 11) is -3.85. The Hall–Kier alpha value is -2.50. The molecule has 0 unspecified atom stereocenters. The number of ether oxygens (including phenoxy) is 1. The second-order valence-electron chi connectivity index (χ2n) is 4.47. The van der Waals surface area contributed by atoms with Crippen LogP contribution in [0.2, 0.25) is 0 Å². The fourth-order valence-electron chi connectivity index (χ4n) is 1.80. The summed E-state index contributed by atoms with van der Waals surface area (Å²) in [6, 6.07) is 6.66. The summed E-state index contributed by atoms with van der Waals surface area (Å²) in [4.78, 5) is 15.1. The smallest absolute Gasteiger partial charge is 0.341 e. The lowest BCUT2D eigenvalue weighted by molar-refractivity contribution is -0.139. The highest BCUT2D eigenvalue weighted by atomic mass is 32.2. The molecule has 1 aromatic carbocycles. The summed E-state index contributed by atoms with van der Waals surface area (Å²) in [5, 5.41) is 17.4. The molecule has 3 rings (SSSR count). The first-order valence-electron chi connectivity index (χ1n) is 6.17. The van der Waals surface area contributed by atoms with Crippen LogP contribution in [0.3, 0.4) is 0 Å². The van der Waals surface area contributed by atoms with E-state index in [0.717, 1.165) is 16.9 Å². The molecular formula is C12H10N4O5S2. The zero-order chi connectivity index (χ0) is 16.6. The average Bonchev–Trinajstić information content (AvgIpc) is 3.03. The summed E-state index contributed by atoms with van der Waals surface area (Å²) in [6.07, 6.45) is 1.58. The highest BCUT2D eigenvalue weighted by Crippen LogP contribution is 2.25. The van der Waals surface area contributed by atoms with Crippen molar-refractivity contribution < 1.29 is 23.1 Å². The SMILES string of the molecule is NS(=O)(=O)c1nn2cc(-c3ccc(OCC(=O)O)cc3)nc2s1. The molecule has 11 heteroatoms. The minimum atomic E-state index is -3.85. The predicted octanol–water partition coefficient (Wildman–Crippen LogP) is 0.569. The Balaban J connectivity index is 1.85. The molecule has 0 spiro atoms. The lowest BCUT2D eigenvalue weighted by Gasteiger charge is -2.03. The number of imidazole rings is 1. The number of nitrogens with zero attached hydrogens (tertiary/aromatic N) is 3. The van der Waals surface area contributed by atoms with E-state index in [1.54, 1.807) is 30.5 Å². The van der Waals surface area contributed by atoms with Gasteiger partial charge in [0, 0.05) is 5.56 Å². The van der Waals surface area contributed by atoms with Crippen molar-refractivity contribution in [3.05, 3.63) is 30.5 Å². The van der Waals surface area contributed by atoms with E-state index in [1.165, 1.54) is 4.52 Å². The average molecular weight is 354 g/mol. The third kappa shape index (κ3) is 3.31. The molecule has 0 aliphatic rings. The number of carboxylic acid groups (broad SMARTS) is 1. The van der Waals surface area contributed by atoms with E-state index < -0.39 is 22.6 Å². The Kier molecular flexibility index (Phi) is 3.75. The topological polar surface area (TPSA) is 137 Å². The van der Waals surface area contributed by atoms with Gasteiger partial charge in [0.2, 0.25) is 9.30 Å². The van der Waals surface area contributed by atoms with Crippen LogP contribution in [0.5, 0.6) is 5.75 Å². The Labute approximate surface area is 134 Å². The van der Waals surface area contributed by atoms with Gasteiger partial charge in [-0.2, -0.15) is 0 Å². The monoisotopic (exact) mass is 354 g/mol. The van der Waals surface area contributed by atoms with Crippen LogP contribution in [0.25, 0.3) is 16.2 Å². The second kappa shape index (κ2) is 5.61. The maximum atomic E-state index is 11.2. The molecule has 0 saturated carbocycles. The molecule has 0 radical (unpaired) electrons. The van der Waals surface area contributed by atoms with Gasteiger partial charge in [0.15, 0.2) is 6.61 Å². The largest absolute Gasteiger partial charge is 0.482 e. The van der Waals surface area contributed by atoms with E-state index in [2.05, 4.69) is 10.1 Å². The van der Waals surface area contributed by atoms with Crippen molar-refractivity contribution in [2.24, 2.45) is 5.14 Å². The van der Waals surface area contributed by atoms with Gasteiger partial charge in [-0.25, -0.2) is 27.9 Å². The van der Waals surface area contributed by atoms with Gasteiger partial charge in [0.25, 0.3) is 10.0 Å². The lowest BCUT2D eigenvalue weighted by atomic mass is 10.2. The number of carboxylic acids is 1. The van der Waals surface area contributed by atoms with Crippen LogP contribution in [0.4, 0.5) is 0 Å². The minimum Gasteiger partial charge on any atom is -0.482 e. The first kappa shape index (κ1) is 15.4. The second-order valence-corrected chi connectivity index (χ2v) is 7.16. The molecule has 0 atom stereocenters. The molecule has 23 heavy (non-hydrogen) atoms. The van der Waals surface area contributed by atoms with Crippen LogP contribution in [0.15, 0.2) is 34.8 Å². The number of carbonyl (C=O) groups is 1. The fraction of sp³-hybridized carbons (Fsp3) is 0.0833. The number of rotatable bonds is 5. The molecule has 2 heterocycles. The van der Waals surface area contributed by atoms with Crippen LogP contribution in [-0.2, 0) is 14.8 Å². The molecule has 3 N–H and O–H groups in total. The summed E-state index contributed by atoms with van der Waals surface area (Å²) < 4.78 is 28.6. The molecule has 0 aliphatic heterocycles. The minimum absolute atomic E-state index is 0.205. The molecule has 120 valence electrons. The highest BCUT2D eigenvalue weighted by Gasteiger charge is 2.17. The van der Waals surface area contributed by atoms with Crippen molar-refractivity contribution in [3.63, 3.8) is 0 Å². The lowest BCUT2D eigenvalue weighted by Crippen LogP contribution is -2.12. The van der Waals surface area contributed by atoms with Crippen molar-refractivity contribution in [2.45, 2.75) is 4.34 Å². The van der Waals surface area contributed by atoms with Gasteiger partial charge in [-0.15, -0.1) is 5.10 Å². The third-order valence-corrected chi connectivity index (χ3v) is 5.01. The Morgan fingerprint density at radius 3 is 2.61 bits per heavy atom. The predicted molar refractivity (Wildman–Crippen MR) is 80.8 cm³/mol. The summed E-state index contributed by atoms with van der Waals surface area (Å²) in [6.45, 7) is -0.417. The van der Waals surface area contributed by atoms with Crippen molar-refractivity contribution in [2.75, 3.05) is 6.61 Å². The van der Waals surface area contributed by atoms with Crippen LogP contribution >= 0.6 is 11.3 Å². The number of benzene rings is 1. The zero-order valence-electron chi connectivity index (χ0n) is 11.4. The molecule has 3 aromatic rings. The molecule has 2 aromatic heterocycles. The maximum Gasteiger partial charge on any atom is 0.341 e. The highest BCUT2D eigenvalue weighted by molar-refractivity contribution is 7.91. The Morgan fingerprint density at radius 1 is 1.35 bits per heavy atom. The third-order valence-electron chi connectivity index (χ3n) is 2.78. The molecule has 0 amide bonds. The van der Waals surface area contributed by atoms with Crippen molar-refractivity contribution in [1.82, 2.24) is 14.6 Å². The van der Waals surface area contributed by atoms with Crippen LogP contribution in [-0.4, -0.2) is 40.7 Å². The van der Waals surface area contributed by atoms with E-state index in [1.807, 2.05) is 0 Å². The number of fused-ring (bicyclic) bond motifs is 1. The molecule has 0 saturated heterocycles. The van der Waals surface area contributed by atoms with E-state index in [-0.39, 0.29) is 4.34 Å². The van der Waals surface area contributed by atoms with Gasteiger partial charge in [0.1, 0.15) is 5.75 Å². The van der Waals surface area contributed by atoms with Crippen LogP contribution < -0.4 is 9.88 Å². The van der Waals surface area contributed by atoms with Gasteiger partial charge in [-0.05, 0) is 24.3 Å². The van der Waals surface area contributed by atoms with Crippen LogP contribution in [0.1, 0.15) is 0 Å². The molecule has 0 bridgehead atoms. The summed E-state index contributed by atoms with van der Waals surface area (Å²) >= 11 is 0.872. The fourth-order valence-corrected chi connectivity index (χ4v) is 3.31. The molecule has 9 nitrogen and oxygen atoms in total. The Bertz CT molecular complexity index is 943. The number of sulfonamides is 1. The van der Waals surface area contributed by atoms with Gasteiger partial charge in [0.05, 0.1) is 11.9 Å². The number of hydrogen-bond donors (Lipinski definition) is 2. The molecule has 0 fully saturated rings. The zero-order valence-corrected chi connectivity index (χ0v) is 13.0. The number of aliphatic carboxylic acids is 1. The van der Waals surface area contributed by atoms with Gasteiger partial charge >= 0.3 is 5.97 Å². The van der Waals surface area contributed by atoms with E-state index in [0.29, 0.717) is 16.4 Å². The first-order valence-corrected chi connectivity index (χ1v) is 8.53. The summed E-state index contributed by atoms with van der Waals surface area (Å²) in [5.74, 6) is -0.632. The van der Waals surface area contributed by atoms with E-state index >= 15 is 0 Å². The van der Waals surface area contributed by atoms with Crippen molar-refractivity contribution in [3.8, 4) is 17.0 Å². The number of nitrogens with two attached hydrogens (primary N) is 1. The molecular weight excluding hydrogens is 344 g/mol. The number of hydrogen-bond acceptors (Lipinski definition) is 7. The quantitative estimate of drug-likeness (QED) is 0.683. The number of aromatic nitrogens is 3. The van der Waals surface area contributed by atoms with Crippen molar-refractivity contribution >= 4 is 32.3 Å². The summed E-state index contributed by atoms with van der Waals surface area (Å²) in [5.41, 5.74) is 1.34. The van der Waals surface area contributed by atoms with Crippen LogP contribution in [0, 0.1) is 0 Å². The van der Waals surface area contributed by atoms with Gasteiger partial charge < -0.3 is 9.84 Å². The van der Waals surface area contributed by atoms with Crippen molar-refractivity contribution in [1.29, 1.82) is 0 Å². The maximum absolute atomic E-state index is 11.2. The Morgan fingerprint density at radius 2 is 2.04 bits per heavy atom.